The first-order chi connectivity index (χ1) is 15.0. The fraction of sp³-hybridized carbons (Fsp3) is 0.963. The molecule has 3 fully saturated rings. The largest absolute Gasteiger partial charge is 0.392 e. The van der Waals surface area contributed by atoms with Crippen molar-refractivity contribution >= 4 is 5.91 Å². The van der Waals surface area contributed by atoms with Crippen molar-refractivity contribution in [2.75, 3.05) is 20.1 Å². The molecule has 32 heavy (non-hydrogen) atoms. The van der Waals surface area contributed by atoms with Crippen molar-refractivity contribution < 1.29 is 14.6 Å². The molecule has 1 amide bonds. The summed E-state index contributed by atoms with van der Waals surface area (Å²) in [5.41, 5.74) is -1.79. The molecule has 0 aromatic carbocycles. The molecule has 2 unspecified atom stereocenters. The number of aliphatic hydroxyl groups excluding tert-OH is 1. The highest BCUT2D eigenvalue weighted by molar-refractivity contribution is 5.89. The number of hydrogen-bond donors (Lipinski definition) is 1. The molecule has 1 saturated carbocycles. The van der Waals surface area contributed by atoms with Gasteiger partial charge in [-0.2, -0.15) is 0 Å². The molecular formula is C27H50N2O3. The molecule has 2 spiro atoms. The standard InChI is InChI=1S/C27H50N2O3/c1-7-22(30)19-29-21-24(2,3)27(20-25(29,4)5)23(31)28(6)26(32-27)17-15-13-11-9-8-10-12-14-16-18-26/h22,30H,7-21H2,1-6H3. The van der Waals surface area contributed by atoms with E-state index in [9.17, 15) is 9.90 Å². The number of carbonyl (C=O) groups excluding carboxylic acids is 1. The van der Waals surface area contributed by atoms with Crippen molar-refractivity contribution in [3.63, 3.8) is 0 Å². The second-order valence-corrected chi connectivity index (χ2v) is 12.2. The van der Waals surface area contributed by atoms with Gasteiger partial charge in [-0.05, 0) is 46.0 Å². The van der Waals surface area contributed by atoms with Crippen LogP contribution in [0.2, 0.25) is 0 Å². The van der Waals surface area contributed by atoms with Gasteiger partial charge in [0.1, 0.15) is 5.72 Å². The van der Waals surface area contributed by atoms with Crippen molar-refractivity contribution in [2.24, 2.45) is 5.41 Å². The van der Waals surface area contributed by atoms with Gasteiger partial charge in [0.05, 0.1) is 6.10 Å². The number of hydrogen-bond acceptors (Lipinski definition) is 4. The predicted octanol–water partition coefficient (Wildman–Crippen LogP) is 5.50. The maximum atomic E-state index is 14.1. The van der Waals surface area contributed by atoms with E-state index in [-0.39, 0.29) is 23.0 Å². The lowest BCUT2D eigenvalue weighted by atomic mass is 9.64. The number of likely N-dealkylation sites (tertiary alicyclic amines) is 1. The van der Waals surface area contributed by atoms with Crippen LogP contribution in [0.5, 0.6) is 0 Å². The number of aliphatic hydroxyl groups is 1. The highest BCUT2D eigenvalue weighted by atomic mass is 16.6. The van der Waals surface area contributed by atoms with Crippen LogP contribution in [-0.2, 0) is 9.53 Å². The first kappa shape index (κ1) is 26.0. The highest BCUT2D eigenvalue weighted by Gasteiger charge is 2.68. The molecule has 0 radical (unpaired) electrons. The molecule has 5 heteroatoms. The summed E-state index contributed by atoms with van der Waals surface area (Å²) < 4.78 is 7.16. The van der Waals surface area contributed by atoms with E-state index in [0.717, 1.165) is 38.6 Å². The highest BCUT2D eigenvalue weighted by Crippen LogP contribution is 2.55. The average molecular weight is 451 g/mol. The first-order valence-corrected chi connectivity index (χ1v) is 13.4. The maximum absolute atomic E-state index is 14.1. The van der Waals surface area contributed by atoms with E-state index in [4.69, 9.17) is 4.74 Å². The Bertz CT molecular complexity index is 635. The Morgan fingerprint density at radius 3 is 1.94 bits per heavy atom. The zero-order valence-corrected chi connectivity index (χ0v) is 21.8. The van der Waals surface area contributed by atoms with Crippen molar-refractivity contribution in [1.29, 1.82) is 0 Å². The SMILES string of the molecule is CCC(O)CN1CC(C)(C)C2(CC1(C)C)OC1(CCCCCCCCCCC1)N(C)C2=O. The van der Waals surface area contributed by atoms with E-state index in [1.165, 1.54) is 44.9 Å². The molecule has 5 nitrogen and oxygen atoms in total. The molecule has 186 valence electrons. The van der Waals surface area contributed by atoms with Gasteiger partial charge >= 0.3 is 0 Å². The van der Waals surface area contributed by atoms with Gasteiger partial charge in [-0.15, -0.1) is 0 Å². The predicted molar refractivity (Wildman–Crippen MR) is 130 cm³/mol. The van der Waals surface area contributed by atoms with Gasteiger partial charge in [0, 0.05) is 37.5 Å². The van der Waals surface area contributed by atoms with Gasteiger partial charge in [0.25, 0.3) is 5.91 Å². The summed E-state index contributed by atoms with van der Waals surface area (Å²) in [7, 11) is 2.00. The molecular weight excluding hydrogens is 400 g/mol. The summed E-state index contributed by atoms with van der Waals surface area (Å²) in [5.74, 6) is 0.179. The number of amides is 1. The minimum absolute atomic E-state index is 0.179. The monoisotopic (exact) mass is 450 g/mol. The lowest BCUT2D eigenvalue weighted by molar-refractivity contribution is -0.222. The number of rotatable bonds is 3. The van der Waals surface area contributed by atoms with E-state index >= 15 is 0 Å². The summed E-state index contributed by atoms with van der Waals surface area (Å²) in [5, 5.41) is 10.4. The van der Waals surface area contributed by atoms with Crippen LogP contribution < -0.4 is 0 Å². The Kier molecular flexibility index (Phi) is 8.04. The van der Waals surface area contributed by atoms with Crippen LogP contribution in [0, 0.1) is 5.41 Å². The first-order valence-electron chi connectivity index (χ1n) is 13.4. The van der Waals surface area contributed by atoms with Gasteiger partial charge in [0.15, 0.2) is 5.60 Å². The number of β-amino-alcohol motifs (C(OH)–C–C–N with tert-alkyl or cyclic N) is 1. The molecule has 2 atom stereocenters. The fourth-order valence-electron chi connectivity index (χ4n) is 6.51. The van der Waals surface area contributed by atoms with E-state index in [1.807, 2.05) is 18.9 Å². The average Bonchev–Trinajstić information content (AvgIpc) is 2.92. The number of piperidine rings is 1. The summed E-state index contributed by atoms with van der Waals surface area (Å²) in [6, 6.07) is 0. The summed E-state index contributed by atoms with van der Waals surface area (Å²) in [6.07, 6.45) is 14.4. The van der Waals surface area contributed by atoms with Crippen molar-refractivity contribution in [3.05, 3.63) is 0 Å². The van der Waals surface area contributed by atoms with Crippen molar-refractivity contribution in [1.82, 2.24) is 9.80 Å². The maximum Gasteiger partial charge on any atom is 0.257 e. The third-order valence-corrected chi connectivity index (χ3v) is 8.88. The van der Waals surface area contributed by atoms with Crippen molar-refractivity contribution in [2.45, 2.75) is 141 Å². The van der Waals surface area contributed by atoms with E-state index < -0.39 is 11.3 Å². The van der Waals surface area contributed by atoms with Crippen LogP contribution in [0.4, 0.5) is 0 Å². The Balaban J connectivity index is 1.88. The second-order valence-electron chi connectivity index (χ2n) is 12.2. The molecule has 0 aromatic heterocycles. The second kappa shape index (κ2) is 9.92. The Labute approximate surface area is 197 Å². The third kappa shape index (κ3) is 4.90. The lowest BCUT2D eigenvalue weighted by Gasteiger charge is -2.57. The number of ether oxygens (including phenoxy) is 1. The molecule has 1 aliphatic carbocycles. The molecule has 3 aliphatic rings. The van der Waals surface area contributed by atoms with Gasteiger partial charge < -0.3 is 14.7 Å². The van der Waals surface area contributed by atoms with Gasteiger partial charge in [0.2, 0.25) is 0 Å². The zero-order chi connectivity index (χ0) is 23.6. The van der Waals surface area contributed by atoms with Crippen LogP contribution >= 0.6 is 0 Å². The minimum atomic E-state index is -0.796. The van der Waals surface area contributed by atoms with Crippen LogP contribution in [0.3, 0.4) is 0 Å². The number of carbonyl (C=O) groups is 1. The molecule has 2 aliphatic heterocycles. The molecule has 2 heterocycles. The van der Waals surface area contributed by atoms with Crippen LogP contribution in [-0.4, -0.2) is 63.9 Å². The van der Waals surface area contributed by atoms with E-state index in [2.05, 4.69) is 32.6 Å². The van der Waals surface area contributed by atoms with E-state index in [0.29, 0.717) is 13.0 Å². The molecule has 1 N–H and O–H groups in total. The van der Waals surface area contributed by atoms with Crippen LogP contribution in [0.25, 0.3) is 0 Å². The summed E-state index contributed by atoms with van der Waals surface area (Å²) >= 11 is 0. The molecule has 2 saturated heterocycles. The normalized spacial score (nSPS) is 32.6. The quantitative estimate of drug-likeness (QED) is 0.617. The summed E-state index contributed by atoms with van der Waals surface area (Å²) in [4.78, 5) is 18.4. The number of likely N-dealkylation sites (N-methyl/N-ethyl adjacent to an activating group) is 1. The molecule has 3 rings (SSSR count). The Morgan fingerprint density at radius 1 is 0.938 bits per heavy atom. The van der Waals surface area contributed by atoms with E-state index in [1.54, 1.807) is 0 Å². The zero-order valence-electron chi connectivity index (χ0n) is 21.8. The van der Waals surface area contributed by atoms with Gasteiger partial charge in [-0.3, -0.25) is 9.69 Å². The minimum Gasteiger partial charge on any atom is -0.392 e. The summed E-state index contributed by atoms with van der Waals surface area (Å²) in [6.45, 7) is 12.3. The Hall–Kier alpha value is -0.650. The van der Waals surface area contributed by atoms with Crippen LogP contribution in [0.1, 0.15) is 118 Å². The van der Waals surface area contributed by atoms with Crippen molar-refractivity contribution in [3.8, 4) is 0 Å². The van der Waals surface area contributed by atoms with Crippen LogP contribution in [0.15, 0.2) is 0 Å². The lowest BCUT2D eigenvalue weighted by Crippen LogP contribution is -2.68. The third-order valence-electron chi connectivity index (χ3n) is 8.88. The van der Waals surface area contributed by atoms with Gasteiger partial charge in [-0.1, -0.05) is 65.7 Å². The topological polar surface area (TPSA) is 53.0 Å². The number of nitrogens with zero attached hydrogens (tertiary/aromatic N) is 2. The van der Waals surface area contributed by atoms with Gasteiger partial charge in [-0.25, -0.2) is 0 Å². The molecule has 0 aromatic rings. The fourth-order valence-corrected chi connectivity index (χ4v) is 6.51. The molecule has 0 bridgehead atoms. The smallest absolute Gasteiger partial charge is 0.257 e. The Morgan fingerprint density at radius 2 is 1.44 bits per heavy atom.